The molecule has 0 saturated heterocycles. The Morgan fingerprint density at radius 2 is 1.48 bits per heavy atom. The van der Waals surface area contributed by atoms with E-state index in [1.54, 1.807) is 0 Å². The fraction of sp³-hybridized carbons (Fsp3) is 0.421. The third-order valence-corrected chi connectivity index (χ3v) is 3.99. The zero-order chi connectivity index (χ0) is 15.4. The standard InChI is InChI=1S/C19H23NO/c1-18(2,3)12-7-8-15-13(9-12)14-10-17(19(4,5)6)20-11-16(14)21-15/h7-11H,1-6H3. The number of benzene rings is 1. The highest BCUT2D eigenvalue weighted by Crippen LogP contribution is 2.34. The van der Waals surface area contributed by atoms with Gasteiger partial charge >= 0.3 is 0 Å². The average Bonchev–Trinajstić information content (AvgIpc) is 2.73. The maximum absolute atomic E-state index is 5.93. The van der Waals surface area contributed by atoms with Crippen LogP contribution < -0.4 is 0 Å². The van der Waals surface area contributed by atoms with Crippen molar-refractivity contribution in [2.24, 2.45) is 0 Å². The molecule has 0 bridgehead atoms. The van der Waals surface area contributed by atoms with E-state index in [1.807, 2.05) is 6.20 Å². The molecule has 0 N–H and O–H groups in total. The van der Waals surface area contributed by atoms with Gasteiger partial charge in [-0.1, -0.05) is 47.6 Å². The molecule has 1 aromatic carbocycles. The summed E-state index contributed by atoms with van der Waals surface area (Å²) in [6.07, 6.45) is 1.85. The molecule has 0 atom stereocenters. The minimum Gasteiger partial charge on any atom is -0.454 e. The molecule has 0 fully saturated rings. The Hall–Kier alpha value is -1.83. The van der Waals surface area contributed by atoms with Gasteiger partial charge in [0.05, 0.1) is 6.20 Å². The minimum absolute atomic E-state index is 0.0411. The van der Waals surface area contributed by atoms with E-state index in [-0.39, 0.29) is 10.8 Å². The van der Waals surface area contributed by atoms with E-state index in [9.17, 15) is 0 Å². The van der Waals surface area contributed by atoms with Crippen LogP contribution >= 0.6 is 0 Å². The van der Waals surface area contributed by atoms with Gasteiger partial charge in [-0.15, -0.1) is 0 Å². The molecule has 2 nitrogen and oxygen atoms in total. The quantitative estimate of drug-likeness (QED) is 0.538. The first kappa shape index (κ1) is 14.1. The Labute approximate surface area is 126 Å². The Morgan fingerprint density at radius 3 is 2.10 bits per heavy atom. The summed E-state index contributed by atoms with van der Waals surface area (Å²) in [7, 11) is 0. The molecular formula is C19H23NO. The van der Waals surface area contributed by atoms with Gasteiger partial charge in [0.2, 0.25) is 0 Å². The minimum atomic E-state index is 0.0411. The van der Waals surface area contributed by atoms with Crippen molar-refractivity contribution in [3.05, 3.63) is 41.7 Å². The molecule has 0 unspecified atom stereocenters. The third-order valence-electron chi connectivity index (χ3n) is 3.99. The number of pyridine rings is 1. The summed E-state index contributed by atoms with van der Waals surface area (Å²) >= 11 is 0. The van der Waals surface area contributed by atoms with Crippen molar-refractivity contribution in [2.75, 3.05) is 0 Å². The van der Waals surface area contributed by atoms with Crippen LogP contribution in [0.5, 0.6) is 0 Å². The molecule has 3 aromatic rings. The van der Waals surface area contributed by atoms with Gasteiger partial charge in [-0.2, -0.15) is 0 Å². The number of rotatable bonds is 0. The summed E-state index contributed by atoms with van der Waals surface area (Å²) in [5, 5.41) is 2.35. The van der Waals surface area contributed by atoms with Crippen LogP contribution in [0, 0.1) is 0 Å². The van der Waals surface area contributed by atoms with Crippen LogP contribution in [-0.2, 0) is 10.8 Å². The lowest BCUT2D eigenvalue weighted by atomic mass is 9.86. The van der Waals surface area contributed by atoms with E-state index in [0.29, 0.717) is 0 Å². The van der Waals surface area contributed by atoms with Gasteiger partial charge in [0, 0.05) is 21.9 Å². The molecule has 3 rings (SSSR count). The number of hydrogen-bond donors (Lipinski definition) is 0. The maximum Gasteiger partial charge on any atom is 0.153 e. The normalized spacial score (nSPS) is 13.2. The largest absolute Gasteiger partial charge is 0.454 e. The lowest BCUT2D eigenvalue weighted by molar-refractivity contribution is 0.569. The zero-order valence-electron chi connectivity index (χ0n) is 13.7. The van der Waals surface area contributed by atoms with Crippen LogP contribution in [0.3, 0.4) is 0 Å². The van der Waals surface area contributed by atoms with Gasteiger partial charge in [0.1, 0.15) is 5.58 Å². The highest BCUT2D eigenvalue weighted by molar-refractivity contribution is 6.05. The van der Waals surface area contributed by atoms with Crippen LogP contribution in [0.25, 0.3) is 21.9 Å². The molecule has 0 saturated carbocycles. The highest BCUT2D eigenvalue weighted by atomic mass is 16.3. The van der Waals surface area contributed by atoms with Crippen LogP contribution in [0.1, 0.15) is 52.8 Å². The van der Waals surface area contributed by atoms with Gasteiger partial charge in [0.25, 0.3) is 0 Å². The van der Waals surface area contributed by atoms with Crippen molar-refractivity contribution in [1.82, 2.24) is 4.98 Å². The van der Waals surface area contributed by atoms with E-state index >= 15 is 0 Å². The maximum atomic E-state index is 5.93. The number of fused-ring (bicyclic) bond motifs is 3. The van der Waals surface area contributed by atoms with Gasteiger partial charge in [-0.25, -0.2) is 0 Å². The topological polar surface area (TPSA) is 26.0 Å². The molecule has 0 radical (unpaired) electrons. The summed E-state index contributed by atoms with van der Waals surface area (Å²) in [6, 6.07) is 8.66. The number of aromatic nitrogens is 1. The second kappa shape index (κ2) is 4.33. The SMILES string of the molecule is CC(C)(C)c1ccc2oc3cnc(C(C)(C)C)cc3c2c1. The molecule has 0 amide bonds. The number of hydrogen-bond acceptors (Lipinski definition) is 2. The Bertz CT molecular complexity index is 745. The van der Waals surface area contributed by atoms with Crippen LogP contribution in [0.4, 0.5) is 0 Å². The molecule has 110 valence electrons. The van der Waals surface area contributed by atoms with Crippen molar-refractivity contribution in [3.63, 3.8) is 0 Å². The molecule has 21 heavy (non-hydrogen) atoms. The smallest absolute Gasteiger partial charge is 0.153 e. The molecule has 2 aromatic heterocycles. The Morgan fingerprint density at radius 1 is 0.810 bits per heavy atom. The first-order valence-corrected chi connectivity index (χ1v) is 7.49. The molecule has 0 aliphatic carbocycles. The lowest BCUT2D eigenvalue weighted by Crippen LogP contribution is -2.12. The first-order chi connectivity index (χ1) is 9.66. The fourth-order valence-corrected chi connectivity index (χ4v) is 2.56. The average molecular weight is 281 g/mol. The molecule has 0 spiro atoms. The van der Waals surface area contributed by atoms with Crippen molar-refractivity contribution >= 4 is 21.9 Å². The van der Waals surface area contributed by atoms with Gasteiger partial charge in [-0.05, 0) is 29.2 Å². The summed E-state index contributed by atoms with van der Waals surface area (Å²) in [5.74, 6) is 0. The molecule has 2 heteroatoms. The predicted molar refractivity (Wildman–Crippen MR) is 88.9 cm³/mol. The van der Waals surface area contributed by atoms with E-state index in [4.69, 9.17) is 4.42 Å². The summed E-state index contributed by atoms with van der Waals surface area (Å²) < 4.78 is 5.93. The lowest BCUT2D eigenvalue weighted by Gasteiger charge is -2.19. The molecule has 0 aliphatic heterocycles. The predicted octanol–water partition coefficient (Wildman–Crippen LogP) is 5.58. The first-order valence-electron chi connectivity index (χ1n) is 7.49. The van der Waals surface area contributed by atoms with Crippen molar-refractivity contribution in [3.8, 4) is 0 Å². The van der Waals surface area contributed by atoms with Crippen molar-refractivity contribution < 1.29 is 4.42 Å². The van der Waals surface area contributed by atoms with E-state index < -0.39 is 0 Å². The zero-order valence-corrected chi connectivity index (χ0v) is 13.7. The highest BCUT2D eigenvalue weighted by Gasteiger charge is 2.19. The third kappa shape index (κ3) is 2.44. The van der Waals surface area contributed by atoms with Crippen molar-refractivity contribution in [1.29, 1.82) is 0 Å². The van der Waals surface area contributed by atoms with E-state index in [2.05, 4.69) is 70.8 Å². The number of nitrogens with zero attached hydrogens (tertiary/aromatic N) is 1. The van der Waals surface area contributed by atoms with Crippen LogP contribution in [0.15, 0.2) is 34.9 Å². The van der Waals surface area contributed by atoms with Crippen LogP contribution in [-0.4, -0.2) is 4.98 Å². The Kier molecular flexibility index (Phi) is 2.91. The van der Waals surface area contributed by atoms with Gasteiger partial charge < -0.3 is 4.42 Å². The second-order valence-electron chi connectivity index (χ2n) is 7.88. The van der Waals surface area contributed by atoms with E-state index in [0.717, 1.165) is 22.2 Å². The van der Waals surface area contributed by atoms with Crippen LogP contribution in [0.2, 0.25) is 0 Å². The van der Waals surface area contributed by atoms with Gasteiger partial charge in [-0.3, -0.25) is 4.98 Å². The molecular weight excluding hydrogens is 258 g/mol. The summed E-state index contributed by atoms with van der Waals surface area (Å²) in [5.41, 5.74) is 4.40. The molecule has 2 heterocycles. The molecule has 0 aliphatic rings. The van der Waals surface area contributed by atoms with E-state index in [1.165, 1.54) is 10.9 Å². The summed E-state index contributed by atoms with van der Waals surface area (Å²) in [4.78, 5) is 4.55. The fourth-order valence-electron chi connectivity index (χ4n) is 2.56. The second-order valence-corrected chi connectivity index (χ2v) is 7.88. The monoisotopic (exact) mass is 281 g/mol. The Balaban J connectivity index is 2.31. The number of furan rings is 1. The summed E-state index contributed by atoms with van der Waals surface area (Å²) in [6.45, 7) is 13.3. The van der Waals surface area contributed by atoms with Gasteiger partial charge in [0.15, 0.2) is 5.58 Å². The van der Waals surface area contributed by atoms with Crippen molar-refractivity contribution in [2.45, 2.75) is 52.4 Å².